The number of alkyl carbamates (subject to hydrolysis) is 1. The molecule has 0 radical (unpaired) electrons. The summed E-state index contributed by atoms with van der Waals surface area (Å²) in [7, 11) is 0. The van der Waals surface area contributed by atoms with Gasteiger partial charge in [-0.3, -0.25) is 0 Å². The highest BCUT2D eigenvalue weighted by Gasteiger charge is 2.24. The topological polar surface area (TPSA) is 64.4 Å². The van der Waals surface area contributed by atoms with Gasteiger partial charge in [0.05, 0.1) is 11.5 Å². The first kappa shape index (κ1) is 17.5. The maximum Gasteiger partial charge on any atom is 0.408 e. The van der Waals surface area contributed by atoms with Gasteiger partial charge in [-0.05, 0) is 26.3 Å². The van der Waals surface area contributed by atoms with Gasteiger partial charge in [0.15, 0.2) is 0 Å². The third kappa shape index (κ3) is 5.71. The van der Waals surface area contributed by atoms with E-state index in [1.807, 2.05) is 51.1 Å². The van der Waals surface area contributed by atoms with E-state index in [9.17, 15) is 4.79 Å². The van der Waals surface area contributed by atoms with Crippen molar-refractivity contribution >= 4 is 22.0 Å². The van der Waals surface area contributed by atoms with Gasteiger partial charge in [-0.1, -0.05) is 46.3 Å². The van der Waals surface area contributed by atoms with E-state index in [2.05, 4.69) is 26.2 Å². The molecule has 0 aliphatic carbocycles. The molecule has 1 atom stereocenters. The van der Waals surface area contributed by atoms with Gasteiger partial charge in [0.25, 0.3) is 0 Å². The molecule has 0 bridgehead atoms. The van der Waals surface area contributed by atoms with Crippen LogP contribution in [0.3, 0.4) is 0 Å². The number of oxazole rings is 1. The fourth-order valence-electron chi connectivity index (χ4n) is 2.05. The predicted octanol–water partition coefficient (Wildman–Crippen LogP) is 4.38. The van der Waals surface area contributed by atoms with Crippen LogP contribution >= 0.6 is 15.9 Å². The third-order valence-electron chi connectivity index (χ3n) is 2.97. The Labute approximate surface area is 144 Å². The van der Waals surface area contributed by atoms with Crippen molar-refractivity contribution in [2.24, 2.45) is 0 Å². The summed E-state index contributed by atoms with van der Waals surface area (Å²) in [6, 6.07) is 9.48. The van der Waals surface area contributed by atoms with Crippen molar-refractivity contribution in [3.63, 3.8) is 0 Å². The van der Waals surface area contributed by atoms with E-state index in [-0.39, 0.29) is 6.04 Å². The lowest BCUT2D eigenvalue weighted by atomic mass is 10.1. The molecular weight excluding hydrogens is 360 g/mol. The van der Waals surface area contributed by atoms with Crippen molar-refractivity contribution in [2.45, 2.75) is 44.2 Å². The Kier molecular flexibility index (Phi) is 5.82. The summed E-state index contributed by atoms with van der Waals surface area (Å²) in [5, 5.41) is 3.42. The standard InChI is InChI=1S/C17H21BrN2O3/c1-17(2,3)23-16(21)20-14(9-12-7-5-4-6-8-12)15-19-11-13(10-18)22-15/h4-8,11,14H,9-10H2,1-3H3,(H,20,21)/t14-/m0/s1. The number of ether oxygens (including phenoxy) is 1. The number of rotatable bonds is 5. The largest absolute Gasteiger partial charge is 0.444 e. The van der Waals surface area contributed by atoms with Crippen LogP contribution in [0.4, 0.5) is 4.79 Å². The number of alkyl halides is 1. The summed E-state index contributed by atoms with van der Waals surface area (Å²) in [6.07, 6.45) is 1.73. The van der Waals surface area contributed by atoms with Crippen LogP contribution in [0.1, 0.15) is 44.0 Å². The van der Waals surface area contributed by atoms with Crippen molar-refractivity contribution in [3.8, 4) is 0 Å². The Morgan fingerprint density at radius 2 is 2.04 bits per heavy atom. The van der Waals surface area contributed by atoms with Crippen LogP contribution in [0.5, 0.6) is 0 Å². The molecule has 0 aliphatic rings. The zero-order chi connectivity index (χ0) is 16.9. The number of amides is 1. The van der Waals surface area contributed by atoms with Gasteiger partial charge in [0.1, 0.15) is 17.4 Å². The molecule has 6 heteroatoms. The molecule has 0 saturated carbocycles. The third-order valence-corrected chi connectivity index (χ3v) is 3.53. The number of benzene rings is 1. The molecule has 2 aromatic rings. The molecule has 1 amide bonds. The monoisotopic (exact) mass is 380 g/mol. The average Bonchev–Trinajstić information content (AvgIpc) is 2.94. The molecule has 1 N–H and O–H groups in total. The maximum absolute atomic E-state index is 12.1. The Balaban J connectivity index is 2.15. The second-order valence-electron chi connectivity index (χ2n) is 6.19. The van der Waals surface area contributed by atoms with Crippen molar-refractivity contribution in [1.29, 1.82) is 0 Å². The Bertz CT molecular complexity index is 635. The molecule has 1 aromatic carbocycles. The molecule has 23 heavy (non-hydrogen) atoms. The Morgan fingerprint density at radius 3 is 2.61 bits per heavy atom. The number of nitrogens with zero attached hydrogens (tertiary/aromatic N) is 1. The highest BCUT2D eigenvalue weighted by atomic mass is 79.9. The van der Waals surface area contributed by atoms with E-state index < -0.39 is 11.7 Å². The lowest BCUT2D eigenvalue weighted by Crippen LogP contribution is -2.35. The van der Waals surface area contributed by atoms with E-state index >= 15 is 0 Å². The number of hydrogen-bond acceptors (Lipinski definition) is 4. The smallest absolute Gasteiger partial charge is 0.408 e. The molecule has 1 heterocycles. The highest BCUT2D eigenvalue weighted by molar-refractivity contribution is 9.08. The van der Waals surface area contributed by atoms with Crippen LogP contribution in [0.25, 0.3) is 0 Å². The first-order valence-electron chi connectivity index (χ1n) is 7.41. The van der Waals surface area contributed by atoms with E-state index in [4.69, 9.17) is 9.15 Å². The molecule has 0 aliphatic heterocycles. The van der Waals surface area contributed by atoms with Crippen LogP contribution < -0.4 is 5.32 Å². The second kappa shape index (κ2) is 7.64. The summed E-state index contributed by atoms with van der Waals surface area (Å²) in [5.41, 5.74) is 0.520. The van der Waals surface area contributed by atoms with Crippen molar-refractivity contribution in [2.75, 3.05) is 0 Å². The number of carbonyl (C=O) groups excluding carboxylic acids is 1. The second-order valence-corrected chi connectivity index (χ2v) is 6.75. The van der Waals surface area contributed by atoms with Crippen LogP contribution in [-0.2, 0) is 16.5 Å². The fraction of sp³-hybridized carbons (Fsp3) is 0.412. The van der Waals surface area contributed by atoms with Crippen LogP contribution in [0.2, 0.25) is 0 Å². The number of hydrogen-bond donors (Lipinski definition) is 1. The van der Waals surface area contributed by atoms with Crippen LogP contribution in [0.15, 0.2) is 40.9 Å². The molecule has 2 rings (SSSR count). The molecule has 0 saturated heterocycles. The summed E-state index contributed by atoms with van der Waals surface area (Å²) in [6.45, 7) is 5.48. The quantitative estimate of drug-likeness (QED) is 0.781. The minimum absolute atomic E-state index is 0.389. The lowest BCUT2D eigenvalue weighted by molar-refractivity contribution is 0.0495. The van der Waals surface area contributed by atoms with Crippen molar-refractivity contribution in [1.82, 2.24) is 10.3 Å². The van der Waals surface area contributed by atoms with Gasteiger partial charge in [0, 0.05) is 6.42 Å². The molecule has 0 unspecified atom stereocenters. The van der Waals surface area contributed by atoms with E-state index in [1.165, 1.54) is 0 Å². The SMILES string of the molecule is CC(C)(C)OC(=O)N[C@@H](Cc1ccccc1)c1ncc(CBr)o1. The average molecular weight is 381 g/mol. The maximum atomic E-state index is 12.1. The summed E-state index contributed by atoms with van der Waals surface area (Å²) in [5.74, 6) is 1.18. The minimum Gasteiger partial charge on any atom is -0.444 e. The van der Waals surface area contributed by atoms with Crippen molar-refractivity contribution < 1.29 is 13.9 Å². The predicted molar refractivity (Wildman–Crippen MR) is 91.4 cm³/mol. The molecular formula is C17H21BrN2O3. The number of carbonyl (C=O) groups is 1. The molecule has 5 nitrogen and oxygen atoms in total. The summed E-state index contributed by atoms with van der Waals surface area (Å²) < 4.78 is 11.0. The van der Waals surface area contributed by atoms with Crippen LogP contribution in [-0.4, -0.2) is 16.7 Å². The highest BCUT2D eigenvalue weighted by Crippen LogP contribution is 2.20. The first-order chi connectivity index (χ1) is 10.9. The van der Waals surface area contributed by atoms with Gasteiger partial charge in [0.2, 0.25) is 5.89 Å². The minimum atomic E-state index is -0.557. The molecule has 124 valence electrons. The van der Waals surface area contributed by atoms with E-state index in [0.717, 1.165) is 5.56 Å². The van der Waals surface area contributed by atoms with Gasteiger partial charge in [-0.25, -0.2) is 9.78 Å². The molecule has 0 fully saturated rings. The van der Waals surface area contributed by atoms with Gasteiger partial charge >= 0.3 is 6.09 Å². The first-order valence-corrected chi connectivity index (χ1v) is 8.53. The van der Waals surface area contributed by atoms with Crippen molar-refractivity contribution in [3.05, 3.63) is 53.7 Å². The fourth-order valence-corrected chi connectivity index (χ4v) is 2.30. The normalized spacial score (nSPS) is 12.7. The van der Waals surface area contributed by atoms with Crippen LogP contribution in [0, 0.1) is 0 Å². The zero-order valence-corrected chi connectivity index (χ0v) is 15.1. The number of nitrogens with one attached hydrogen (secondary N) is 1. The lowest BCUT2D eigenvalue weighted by Gasteiger charge is -2.22. The summed E-state index contributed by atoms with van der Waals surface area (Å²) >= 11 is 3.33. The molecule has 1 aromatic heterocycles. The van der Waals surface area contributed by atoms with Gasteiger partial charge in [-0.15, -0.1) is 0 Å². The van der Waals surface area contributed by atoms with Gasteiger partial charge < -0.3 is 14.5 Å². The Morgan fingerprint density at radius 1 is 1.35 bits per heavy atom. The zero-order valence-electron chi connectivity index (χ0n) is 13.5. The number of halogens is 1. The van der Waals surface area contributed by atoms with Gasteiger partial charge in [-0.2, -0.15) is 0 Å². The van der Waals surface area contributed by atoms with E-state index in [1.54, 1.807) is 6.20 Å². The molecule has 0 spiro atoms. The Hall–Kier alpha value is -1.82. The number of aromatic nitrogens is 1. The summed E-state index contributed by atoms with van der Waals surface area (Å²) in [4.78, 5) is 16.4. The van der Waals surface area contributed by atoms with E-state index in [0.29, 0.717) is 23.4 Å².